The molecule has 0 spiro atoms. The Labute approximate surface area is 163 Å². The number of carbonyl (C=O) groups is 1. The number of benzene rings is 1. The first-order valence-corrected chi connectivity index (χ1v) is 10.8. The lowest BCUT2D eigenvalue weighted by Gasteiger charge is -2.34. The first-order valence-electron chi connectivity index (χ1n) is 8.99. The lowest BCUT2D eigenvalue weighted by molar-refractivity contribution is -0.130. The fourth-order valence-electron chi connectivity index (χ4n) is 3.47. The van der Waals surface area contributed by atoms with Gasteiger partial charge in [-0.2, -0.15) is 0 Å². The van der Waals surface area contributed by atoms with Crippen molar-refractivity contribution >= 4 is 39.8 Å². The molecule has 0 aliphatic carbocycles. The standard InChI is InChI=1S/C19H26N4OS2/c1-12-5-6-16(15(4)8-12)20-18-21-22-19(26-18)25-11-17(24)23-9-13(2)7-14(3)10-23/h5-6,8,13-14H,7,9-11H2,1-4H3,(H,20,21)/t13-,14-/m0/s1. The van der Waals surface area contributed by atoms with Crippen LogP contribution >= 0.6 is 23.1 Å². The number of piperidine rings is 1. The average Bonchev–Trinajstić information content (AvgIpc) is 3.02. The molecule has 0 bridgehead atoms. The average molecular weight is 391 g/mol. The molecule has 1 N–H and O–H groups in total. The number of amides is 1. The highest BCUT2D eigenvalue weighted by molar-refractivity contribution is 8.01. The second-order valence-electron chi connectivity index (χ2n) is 7.35. The van der Waals surface area contributed by atoms with Gasteiger partial charge in [-0.05, 0) is 43.7 Å². The fraction of sp³-hybridized carbons (Fsp3) is 0.526. The molecule has 140 valence electrons. The Morgan fingerprint density at radius 3 is 2.69 bits per heavy atom. The van der Waals surface area contributed by atoms with Gasteiger partial charge >= 0.3 is 0 Å². The van der Waals surface area contributed by atoms with Gasteiger partial charge in [0.05, 0.1) is 5.75 Å². The van der Waals surface area contributed by atoms with Crippen LogP contribution in [0.15, 0.2) is 22.5 Å². The van der Waals surface area contributed by atoms with Crippen LogP contribution < -0.4 is 5.32 Å². The third-order valence-electron chi connectivity index (χ3n) is 4.57. The second-order valence-corrected chi connectivity index (χ2v) is 9.55. The van der Waals surface area contributed by atoms with Crippen LogP contribution in [0.4, 0.5) is 10.8 Å². The molecule has 1 amide bonds. The van der Waals surface area contributed by atoms with Crippen LogP contribution in [0.3, 0.4) is 0 Å². The van der Waals surface area contributed by atoms with Gasteiger partial charge in [-0.25, -0.2) is 0 Å². The molecule has 1 aliphatic rings. The first kappa shape index (κ1) is 19.2. The van der Waals surface area contributed by atoms with E-state index < -0.39 is 0 Å². The molecular formula is C19H26N4OS2. The van der Waals surface area contributed by atoms with Crippen molar-refractivity contribution in [2.45, 2.75) is 38.5 Å². The topological polar surface area (TPSA) is 58.1 Å². The molecule has 0 unspecified atom stereocenters. The molecule has 2 heterocycles. The van der Waals surface area contributed by atoms with E-state index in [2.05, 4.69) is 61.4 Å². The Balaban J connectivity index is 1.54. The number of aromatic nitrogens is 2. The zero-order valence-corrected chi connectivity index (χ0v) is 17.4. The summed E-state index contributed by atoms with van der Waals surface area (Å²) in [6.45, 7) is 10.3. The zero-order valence-electron chi connectivity index (χ0n) is 15.8. The van der Waals surface area contributed by atoms with E-state index >= 15 is 0 Å². The Hall–Kier alpha value is -1.60. The number of anilines is 2. The SMILES string of the molecule is Cc1ccc(Nc2nnc(SCC(=O)N3C[C@@H](C)C[C@H](C)C3)s2)c(C)c1. The van der Waals surface area contributed by atoms with Crippen molar-refractivity contribution < 1.29 is 4.79 Å². The van der Waals surface area contributed by atoms with Crippen molar-refractivity contribution in [3.63, 3.8) is 0 Å². The number of carbonyl (C=O) groups excluding carboxylic acids is 1. The highest BCUT2D eigenvalue weighted by Gasteiger charge is 2.25. The van der Waals surface area contributed by atoms with Gasteiger partial charge in [0.15, 0.2) is 4.34 Å². The number of hydrogen-bond acceptors (Lipinski definition) is 6. The summed E-state index contributed by atoms with van der Waals surface area (Å²) in [5, 5.41) is 12.5. The van der Waals surface area contributed by atoms with Crippen molar-refractivity contribution in [3.05, 3.63) is 29.3 Å². The van der Waals surface area contributed by atoms with Crippen LogP contribution in [0, 0.1) is 25.7 Å². The van der Waals surface area contributed by atoms with Crippen LogP contribution in [0.25, 0.3) is 0 Å². The Kier molecular flexibility index (Phi) is 6.19. The summed E-state index contributed by atoms with van der Waals surface area (Å²) < 4.78 is 0.823. The smallest absolute Gasteiger partial charge is 0.233 e. The number of thioether (sulfide) groups is 1. The summed E-state index contributed by atoms with van der Waals surface area (Å²) in [7, 11) is 0. The summed E-state index contributed by atoms with van der Waals surface area (Å²) in [5.74, 6) is 1.80. The largest absolute Gasteiger partial charge is 0.341 e. The van der Waals surface area contributed by atoms with Crippen LogP contribution in [0.2, 0.25) is 0 Å². The summed E-state index contributed by atoms with van der Waals surface area (Å²) in [6.07, 6.45) is 1.21. The fourth-order valence-corrected chi connectivity index (χ4v) is 5.14. The van der Waals surface area contributed by atoms with Crippen LogP contribution in [-0.4, -0.2) is 39.8 Å². The van der Waals surface area contributed by atoms with Crippen LogP contribution in [0.5, 0.6) is 0 Å². The number of aryl methyl sites for hydroxylation is 2. The minimum absolute atomic E-state index is 0.201. The maximum Gasteiger partial charge on any atom is 0.233 e. The van der Waals surface area contributed by atoms with E-state index in [9.17, 15) is 4.79 Å². The molecule has 1 aromatic carbocycles. The predicted octanol–water partition coefficient (Wildman–Crippen LogP) is 4.50. The van der Waals surface area contributed by atoms with Crippen molar-refractivity contribution in [1.82, 2.24) is 15.1 Å². The first-order chi connectivity index (χ1) is 12.4. The number of nitrogens with zero attached hydrogens (tertiary/aromatic N) is 3. The summed E-state index contributed by atoms with van der Waals surface area (Å²) in [4.78, 5) is 14.5. The minimum atomic E-state index is 0.201. The molecule has 5 nitrogen and oxygen atoms in total. The van der Waals surface area contributed by atoms with E-state index in [1.807, 2.05) is 4.90 Å². The van der Waals surface area contributed by atoms with Crippen molar-refractivity contribution in [3.8, 4) is 0 Å². The molecule has 1 saturated heterocycles. The van der Waals surface area contributed by atoms with Crippen LogP contribution in [0.1, 0.15) is 31.4 Å². The highest BCUT2D eigenvalue weighted by atomic mass is 32.2. The second kappa shape index (κ2) is 8.39. The van der Waals surface area contributed by atoms with Crippen molar-refractivity contribution in [2.75, 3.05) is 24.2 Å². The van der Waals surface area contributed by atoms with Gasteiger partial charge in [0.2, 0.25) is 11.0 Å². The molecule has 1 aromatic heterocycles. The van der Waals surface area contributed by atoms with E-state index in [0.717, 1.165) is 28.2 Å². The number of likely N-dealkylation sites (tertiary alicyclic amines) is 1. The molecule has 7 heteroatoms. The van der Waals surface area contributed by atoms with E-state index in [1.165, 1.54) is 40.6 Å². The van der Waals surface area contributed by atoms with E-state index in [4.69, 9.17) is 0 Å². The molecular weight excluding hydrogens is 364 g/mol. The lowest BCUT2D eigenvalue weighted by atomic mass is 9.92. The third kappa shape index (κ3) is 4.98. The molecule has 2 aromatic rings. The van der Waals surface area contributed by atoms with Gasteiger partial charge in [0, 0.05) is 18.8 Å². The number of hydrogen-bond donors (Lipinski definition) is 1. The normalized spacial score (nSPS) is 20.2. The van der Waals surface area contributed by atoms with Crippen molar-refractivity contribution in [2.24, 2.45) is 11.8 Å². The molecule has 1 fully saturated rings. The van der Waals surface area contributed by atoms with Crippen molar-refractivity contribution in [1.29, 1.82) is 0 Å². The lowest BCUT2D eigenvalue weighted by Crippen LogP contribution is -2.43. The van der Waals surface area contributed by atoms with Gasteiger partial charge in [-0.3, -0.25) is 4.79 Å². The molecule has 26 heavy (non-hydrogen) atoms. The minimum Gasteiger partial charge on any atom is -0.341 e. The van der Waals surface area contributed by atoms with Gasteiger partial charge in [0.1, 0.15) is 0 Å². The highest BCUT2D eigenvalue weighted by Crippen LogP contribution is 2.29. The Morgan fingerprint density at radius 2 is 2.00 bits per heavy atom. The molecule has 1 aliphatic heterocycles. The van der Waals surface area contributed by atoms with E-state index in [1.54, 1.807) is 0 Å². The number of rotatable bonds is 5. The summed E-state index contributed by atoms with van der Waals surface area (Å²) in [5.41, 5.74) is 3.45. The van der Waals surface area contributed by atoms with E-state index in [0.29, 0.717) is 17.6 Å². The third-order valence-corrected chi connectivity index (χ3v) is 6.53. The van der Waals surface area contributed by atoms with Gasteiger partial charge in [-0.1, -0.05) is 54.6 Å². The van der Waals surface area contributed by atoms with Gasteiger partial charge in [-0.15, -0.1) is 10.2 Å². The zero-order chi connectivity index (χ0) is 18.7. The van der Waals surface area contributed by atoms with E-state index in [-0.39, 0.29) is 5.91 Å². The maximum absolute atomic E-state index is 12.5. The maximum atomic E-state index is 12.5. The molecule has 0 radical (unpaired) electrons. The predicted molar refractivity (Wildman–Crippen MR) is 109 cm³/mol. The molecule has 0 saturated carbocycles. The van der Waals surface area contributed by atoms with Gasteiger partial charge in [0.25, 0.3) is 0 Å². The quantitative estimate of drug-likeness (QED) is 0.762. The Morgan fingerprint density at radius 1 is 1.27 bits per heavy atom. The summed E-state index contributed by atoms with van der Waals surface area (Å²) in [6, 6.07) is 6.27. The number of nitrogens with one attached hydrogen (secondary N) is 1. The Bertz CT molecular complexity index is 767. The summed E-state index contributed by atoms with van der Waals surface area (Å²) >= 11 is 2.97. The van der Waals surface area contributed by atoms with Gasteiger partial charge < -0.3 is 10.2 Å². The van der Waals surface area contributed by atoms with Crippen LogP contribution in [-0.2, 0) is 4.79 Å². The molecule has 3 rings (SSSR count). The molecule has 2 atom stereocenters. The monoisotopic (exact) mass is 390 g/mol.